The number of aliphatic carboxylic acids is 1. The molecule has 31 heavy (non-hydrogen) atoms. The van der Waals surface area contributed by atoms with E-state index in [-0.39, 0.29) is 45.1 Å². The van der Waals surface area contributed by atoms with Gasteiger partial charge in [-0.15, -0.1) is 0 Å². The van der Waals surface area contributed by atoms with Gasteiger partial charge in [0.1, 0.15) is 12.1 Å². The van der Waals surface area contributed by atoms with E-state index in [2.05, 4.69) is 5.32 Å². The van der Waals surface area contributed by atoms with Crippen LogP contribution >= 0.6 is 0 Å². The third kappa shape index (κ3) is 8.15. The van der Waals surface area contributed by atoms with Crippen LogP contribution in [0.15, 0.2) is 30.3 Å². The number of carboxylic acid groups (broad SMARTS) is 1. The molecule has 1 unspecified atom stereocenters. The Morgan fingerprint density at radius 2 is 1.61 bits per heavy atom. The largest absolute Gasteiger partial charge is 0.478 e. The fourth-order valence-electron chi connectivity index (χ4n) is 2.92. The van der Waals surface area contributed by atoms with Crippen LogP contribution in [-0.2, 0) is 25.5 Å². The summed E-state index contributed by atoms with van der Waals surface area (Å²) in [5.74, 6) is -1.52. The van der Waals surface area contributed by atoms with Crippen molar-refractivity contribution >= 4 is 24.1 Å². The predicted molar refractivity (Wildman–Crippen MR) is 110 cm³/mol. The summed E-state index contributed by atoms with van der Waals surface area (Å²) in [7, 11) is 0. The Kier molecular flexibility index (Phi) is 8.23. The van der Waals surface area contributed by atoms with Crippen LogP contribution in [-0.4, -0.2) is 83.4 Å². The van der Waals surface area contributed by atoms with Crippen molar-refractivity contribution < 1.29 is 33.8 Å². The van der Waals surface area contributed by atoms with E-state index in [1.54, 1.807) is 45.0 Å². The highest BCUT2D eigenvalue weighted by molar-refractivity contribution is 5.82. The average Bonchev–Trinajstić information content (AvgIpc) is 2.71. The lowest BCUT2D eigenvalue weighted by atomic mass is 10.1. The van der Waals surface area contributed by atoms with Gasteiger partial charge in [0.25, 0.3) is 0 Å². The smallest absolute Gasteiger partial charge is 0.410 e. The molecule has 1 aromatic rings. The maximum Gasteiger partial charge on any atom is 0.410 e. The average molecular weight is 435 g/mol. The number of rotatable bonds is 6. The molecule has 3 amide bonds. The van der Waals surface area contributed by atoms with E-state index in [1.807, 2.05) is 6.07 Å². The topological polar surface area (TPSA) is 125 Å². The lowest BCUT2D eigenvalue weighted by Crippen LogP contribution is -2.53. The number of amides is 3. The van der Waals surface area contributed by atoms with E-state index in [0.29, 0.717) is 0 Å². The molecule has 0 bridgehead atoms. The van der Waals surface area contributed by atoms with Crippen LogP contribution in [0.25, 0.3) is 0 Å². The lowest BCUT2D eigenvalue weighted by molar-refractivity contribution is -0.147. The zero-order valence-electron chi connectivity index (χ0n) is 18.0. The number of nitrogens with one attached hydrogen (secondary N) is 1. The normalized spacial score (nSPS) is 15.1. The summed E-state index contributed by atoms with van der Waals surface area (Å²) in [6.07, 6.45) is -2.65. The Labute approximate surface area is 181 Å². The van der Waals surface area contributed by atoms with Crippen molar-refractivity contribution in [2.45, 2.75) is 38.9 Å². The Morgan fingerprint density at radius 1 is 1.03 bits per heavy atom. The number of carbonyl (C=O) groups is 4. The number of carbonyl (C=O) groups excluding carboxylic acids is 3. The van der Waals surface area contributed by atoms with Crippen LogP contribution in [0, 0.1) is 0 Å². The molecule has 0 aliphatic carbocycles. The van der Waals surface area contributed by atoms with Crippen molar-refractivity contribution in [3.05, 3.63) is 35.9 Å². The van der Waals surface area contributed by atoms with Gasteiger partial charge in [-0.3, -0.25) is 4.79 Å². The first-order valence-corrected chi connectivity index (χ1v) is 10.0. The number of hydrogen-bond acceptors (Lipinski definition) is 6. The third-order valence-electron chi connectivity index (χ3n) is 4.46. The van der Waals surface area contributed by atoms with Crippen LogP contribution in [0.1, 0.15) is 26.3 Å². The molecule has 2 N–H and O–H groups in total. The zero-order chi connectivity index (χ0) is 23.0. The molecule has 2 rings (SSSR count). The highest BCUT2D eigenvalue weighted by Gasteiger charge is 2.29. The van der Waals surface area contributed by atoms with Gasteiger partial charge in [0, 0.05) is 32.6 Å². The summed E-state index contributed by atoms with van der Waals surface area (Å²) in [6, 6.07) is 8.90. The minimum Gasteiger partial charge on any atom is -0.478 e. The standard InChI is InChI=1S/C21H29N3O7/c1-21(2,3)31-19(28)22-14-17(25)23-9-11-24(12-10-23)20(29)30-16(18(26)27)13-15-7-5-4-6-8-15/h4-8,16H,9-14H2,1-3H3,(H,22,28)(H,26,27). The molecule has 1 fully saturated rings. The van der Waals surface area contributed by atoms with Gasteiger partial charge in [-0.1, -0.05) is 30.3 Å². The highest BCUT2D eigenvalue weighted by atomic mass is 16.6. The molecule has 1 heterocycles. The van der Waals surface area contributed by atoms with Crippen molar-refractivity contribution in [2.24, 2.45) is 0 Å². The molecule has 0 saturated carbocycles. The Morgan fingerprint density at radius 3 is 2.16 bits per heavy atom. The molecule has 1 atom stereocenters. The molecular weight excluding hydrogens is 406 g/mol. The molecule has 1 aliphatic rings. The molecule has 170 valence electrons. The van der Waals surface area contributed by atoms with Crippen LogP contribution in [0.2, 0.25) is 0 Å². The molecule has 10 nitrogen and oxygen atoms in total. The first-order valence-electron chi connectivity index (χ1n) is 10.0. The van der Waals surface area contributed by atoms with Crippen LogP contribution in [0.4, 0.5) is 9.59 Å². The van der Waals surface area contributed by atoms with E-state index in [4.69, 9.17) is 9.47 Å². The maximum absolute atomic E-state index is 12.4. The van der Waals surface area contributed by atoms with Crippen LogP contribution < -0.4 is 5.32 Å². The summed E-state index contributed by atoms with van der Waals surface area (Å²) in [4.78, 5) is 50.7. The predicted octanol–water partition coefficient (Wildman–Crippen LogP) is 1.49. The zero-order valence-corrected chi connectivity index (χ0v) is 18.0. The van der Waals surface area contributed by atoms with Crippen LogP contribution in [0.5, 0.6) is 0 Å². The third-order valence-corrected chi connectivity index (χ3v) is 4.46. The summed E-state index contributed by atoms with van der Waals surface area (Å²) in [5, 5.41) is 11.8. The molecule has 0 radical (unpaired) electrons. The quantitative estimate of drug-likeness (QED) is 0.693. The summed E-state index contributed by atoms with van der Waals surface area (Å²) >= 11 is 0. The van der Waals surface area contributed by atoms with Gasteiger partial charge >= 0.3 is 18.2 Å². The van der Waals surface area contributed by atoms with Crippen molar-refractivity contribution in [1.29, 1.82) is 0 Å². The second kappa shape index (κ2) is 10.6. The maximum atomic E-state index is 12.4. The van der Waals surface area contributed by atoms with Crippen molar-refractivity contribution in [3.63, 3.8) is 0 Å². The summed E-state index contributed by atoms with van der Waals surface area (Å²) in [5.41, 5.74) is 0.0866. The number of benzene rings is 1. The SMILES string of the molecule is CC(C)(C)OC(=O)NCC(=O)N1CCN(C(=O)OC(Cc2ccccc2)C(=O)O)CC1. The van der Waals surface area contributed by atoms with Gasteiger partial charge in [-0.25, -0.2) is 14.4 Å². The molecule has 0 spiro atoms. The van der Waals surface area contributed by atoms with Gasteiger partial charge in [-0.2, -0.15) is 0 Å². The molecule has 10 heteroatoms. The van der Waals surface area contributed by atoms with E-state index in [0.717, 1.165) is 5.56 Å². The first kappa shape index (κ1) is 24.0. The number of hydrogen-bond donors (Lipinski definition) is 2. The van der Waals surface area contributed by atoms with Gasteiger partial charge in [0.2, 0.25) is 12.0 Å². The van der Waals surface area contributed by atoms with E-state index in [9.17, 15) is 24.3 Å². The van der Waals surface area contributed by atoms with E-state index < -0.39 is 29.9 Å². The monoisotopic (exact) mass is 435 g/mol. The summed E-state index contributed by atoms with van der Waals surface area (Å²) in [6.45, 7) is 5.87. The molecule has 1 saturated heterocycles. The number of carboxylic acids is 1. The summed E-state index contributed by atoms with van der Waals surface area (Å²) < 4.78 is 10.3. The Bertz CT molecular complexity index is 784. The van der Waals surface area contributed by atoms with Crippen molar-refractivity contribution in [3.8, 4) is 0 Å². The highest BCUT2D eigenvalue weighted by Crippen LogP contribution is 2.11. The minimum atomic E-state index is -1.30. The number of piperazine rings is 1. The molecule has 0 aromatic heterocycles. The van der Waals surface area contributed by atoms with Gasteiger partial charge in [-0.05, 0) is 26.3 Å². The fourth-order valence-corrected chi connectivity index (χ4v) is 2.92. The molecule has 1 aromatic carbocycles. The van der Waals surface area contributed by atoms with Gasteiger partial charge in [0.05, 0.1) is 0 Å². The van der Waals surface area contributed by atoms with Gasteiger partial charge in [0.15, 0.2) is 0 Å². The second-order valence-electron chi connectivity index (χ2n) is 8.12. The molecular formula is C21H29N3O7. The number of ether oxygens (including phenoxy) is 2. The van der Waals surface area contributed by atoms with Crippen molar-refractivity contribution in [2.75, 3.05) is 32.7 Å². The lowest BCUT2D eigenvalue weighted by Gasteiger charge is -2.34. The number of alkyl carbamates (subject to hydrolysis) is 1. The van der Waals surface area contributed by atoms with Crippen molar-refractivity contribution in [1.82, 2.24) is 15.1 Å². The first-order chi connectivity index (χ1) is 14.5. The number of nitrogens with zero attached hydrogens (tertiary/aromatic N) is 2. The Balaban J connectivity index is 1.79. The van der Waals surface area contributed by atoms with E-state index in [1.165, 1.54) is 9.80 Å². The van der Waals surface area contributed by atoms with Crippen LogP contribution in [0.3, 0.4) is 0 Å². The van der Waals surface area contributed by atoms with Gasteiger partial charge < -0.3 is 29.7 Å². The van der Waals surface area contributed by atoms with E-state index >= 15 is 0 Å². The second-order valence-corrected chi connectivity index (χ2v) is 8.12. The Hall–Kier alpha value is -3.30. The minimum absolute atomic E-state index is 0.0662. The fraction of sp³-hybridized carbons (Fsp3) is 0.524. The molecule has 1 aliphatic heterocycles.